The maximum absolute atomic E-state index is 10.8. The molecule has 3 rings (SSSR count). The number of aliphatic hydroxyl groups excluding tert-OH is 1. The van der Waals surface area contributed by atoms with Crippen molar-refractivity contribution in [2.75, 3.05) is 19.8 Å². The first-order chi connectivity index (χ1) is 9.60. The maximum atomic E-state index is 10.8. The fourth-order valence-corrected chi connectivity index (χ4v) is 4.19. The minimum absolute atomic E-state index is 0.154. The van der Waals surface area contributed by atoms with Crippen LogP contribution in [0, 0.1) is 9.49 Å². The number of rotatable bonds is 2. The first kappa shape index (κ1) is 15.2. The largest absolute Gasteiger partial charge is 0.388 e. The van der Waals surface area contributed by atoms with Gasteiger partial charge < -0.3 is 14.6 Å². The van der Waals surface area contributed by atoms with E-state index < -0.39 is 6.10 Å². The molecule has 0 radical (unpaired) electrons. The summed E-state index contributed by atoms with van der Waals surface area (Å²) in [5, 5.41) is 10.8. The van der Waals surface area contributed by atoms with Crippen LogP contribution in [-0.2, 0) is 9.47 Å². The number of ether oxygens (including phenoxy) is 2. The van der Waals surface area contributed by atoms with E-state index in [9.17, 15) is 5.11 Å². The van der Waals surface area contributed by atoms with Crippen LogP contribution >= 0.6 is 38.5 Å². The SMILES string of the molecule is OC(c1cc(I)ccc1Br)C1CCOC2(CCOC2)C1. The zero-order chi connectivity index (χ0) is 14.2. The quantitative estimate of drug-likeness (QED) is 0.695. The second-order valence-electron chi connectivity index (χ2n) is 5.70. The van der Waals surface area contributed by atoms with Crippen LogP contribution < -0.4 is 0 Å². The van der Waals surface area contributed by atoms with E-state index in [4.69, 9.17) is 9.47 Å². The normalized spacial score (nSPS) is 31.6. The van der Waals surface area contributed by atoms with E-state index in [0.29, 0.717) is 13.2 Å². The molecule has 1 aromatic carbocycles. The van der Waals surface area contributed by atoms with Gasteiger partial charge in [0, 0.05) is 27.7 Å². The molecular weight excluding hydrogens is 435 g/mol. The predicted octanol–water partition coefficient (Wildman–Crippen LogP) is 3.67. The van der Waals surface area contributed by atoms with Gasteiger partial charge in [0.25, 0.3) is 0 Å². The van der Waals surface area contributed by atoms with Crippen molar-refractivity contribution >= 4 is 38.5 Å². The van der Waals surface area contributed by atoms with Gasteiger partial charge in [-0.05, 0) is 65.1 Å². The van der Waals surface area contributed by atoms with E-state index in [1.165, 1.54) is 0 Å². The van der Waals surface area contributed by atoms with E-state index in [0.717, 1.165) is 39.5 Å². The molecule has 0 bridgehead atoms. The van der Waals surface area contributed by atoms with Crippen LogP contribution in [0.25, 0.3) is 0 Å². The molecule has 1 aromatic rings. The minimum atomic E-state index is -0.444. The number of halogens is 2. The Kier molecular flexibility index (Phi) is 4.72. The minimum Gasteiger partial charge on any atom is -0.388 e. The smallest absolute Gasteiger partial charge is 0.0940 e. The Morgan fingerprint density at radius 3 is 3.00 bits per heavy atom. The van der Waals surface area contributed by atoms with Gasteiger partial charge in [-0.1, -0.05) is 15.9 Å². The van der Waals surface area contributed by atoms with Gasteiger partial charge in [-0.25, -0.2) is 0 Å². The van der Waals surface area contributed by atoms with Gasteiger partial charge in [-0.15, -0.1) is 0 Å². The summed E-state index contributed by atoms with van der Waals surface area (Å²) in [6.07, 6.45) is 2.29. The zero-order valence-electron chi connectivity index (χ0n) is 11.1. The molecule has 1 N–H and O–H groups in total. The number of benzene rings is 1. The van der Waals surface area contributed by atoms with Gasteiger partial charge >= 0.3 is 0 Å². The Bertz CT molecular complexity index is 488. The van der Waals surface area contributed by atoms with Gasteiger partial charge in [0.15, 0.2) is 0 Å². The highest BCUT2D eigenvalue weighted by Crippen LogP contribution is 2.42. The molecular formula is C15H18BrIO3. The maximum Gasteiger partial charge on any atom is 0.0940 e. The summed E-state index contributed by atoms with van der Waals surface area (Å²) < 4.78 is 13.6. The van der Waals surface area contributed by atoms with E-state index in [-0.39, 0.29) is 11.5 Å². The number of aliphatic hydroxyl groups is 1. The molecule has 110 valence electrons. The van der Waals surface area contributed by atoms with Crippen molar-refractivity contribution in [3.05, 3.63) is 31.8 Å². The zero-order valence-corrected chi connectivity index (χ0v) is 14.9. The average Bonchev–Trinajstić information content (AvgIpc) is 2.88. The Balaban J connectivity index is 1.79. The number of hydrogen-bond donors (Lipinski definition) is 1. The van der Waals surface area contributed by atoms with Gasteiger partial charge in [-0.3, -0.25) is 0 Å². The lowest BCUT2D eigenvalue weighted by atomic mass is 9.80. The first-order valence-electron chi connectivity index (χ1n) is 6.94. The third kappa shape index (κ3) is 3.06. The summed E-state index contributed by atoms with van der Waals surface area (Å²) in [6, 6.07) is 6.11. The fourth-order valence-electron chi connectivity index (χ4n) is 3.19. The van der Waals surface area contributed by atoms with E-state index >= 15 is 0 Å². The molecule has 3 atom stereocenters. The van der Waals surface area contributed by atoms with Crippen LogP contribution in [0.1, 0.15) is 30.9 Å². The first-order valence-corrected chi connectivity index (χ1v) is 8.82. The van der Waals surface area contributed by atoms with Crippen LogP contribution in [0.4, 0.5) is 0 Å². The van der Waals surface area contributed by atoms with Crippen LogP contribution in [0.2, 0.25) is 0 Å². The van der Waals surface area contributed by atoms with Crippen LogP contribution in [0.5, 0.6) is 0 Å². The Labute approximate surface area is 141 Å². The molecule has 0 aliphatic carbocycles. The highest BCUT2D eigenvalue weighted by atomic mass is 127. The highest BCUT2D eigenvalue weighted by molar-refractivity contribution is 14.1. The molecule has 0 aromatic heterocycles. The Morgan fingerprint density at radius 1 is 1.40 bits per heavy atom. The van der Waals surface area contributed by atoms with Crippen LogP contribution in [-0.4, -0.2) is 30.5 Å². The van der Waals surface area contributed by atoms with Gasteiger partial charge in [0.1, 0.15) is 0 Å². The van der Waals surface area contributed by atoms with Crippen molar-refractivity contribution in [3.8, 4) is 0 Å². The van der Waals surface area contributed by atoms with Gasteiger partial charge in [0.05, 0.1) is 18.3 Å². The molecule has 3 nitrogen and oxygen atoms in total. The molecule has 2 aliphatic heterocycles. The van der Waals surface area contributed by atoms with Crippen molar-refractivity contribution < 1.29 is 14.6 Å². The topological polar surface area (TPSA) is 38.7 Å². The standard InChI is InChI=1S/C15H18BrIO3/c16-13-2-1-11(17)7-12(13)14(18)10-3-5-20-15(8-10)4-6-19-9-15/h1-2,7,10,14,18H,3-6,8-9H2. The molecule has 5 heteroatoms. The molecule has 3 unspecified atom stereocenters. The summed E-state index contributed by atoms with van der Waals surface area (Å²) in [5.41, 5.74) is 0.830. The summed E-state index contributed by atoms with van der Waals surface area (Å²) in [5.74, 6) is 0.236. The molecule has 1 spiro atoms. The van der Waals surface area contributed by atoms with Gasteiger partial charge in [-0.2, -0.15) is 0 Å². The highest BCUT2D eigenvalue weighted by Gasteiger charge is 2.43. The lowest BCUT2D eigenvalue weighted by molar-refractivity contribution is -0.117. The molecule has 0 saturated carbocycles. The van der Waals surface area contributed by atoms with E-state index in [1.807, 2.05) is 12.1 Å². The average molecular weight is 453 g/mol. The van der Waals surface area contributed by atoms with E-state index in [1.54, 1.807) is 0 Å². The second-order valence-corrected chi connectivity index (χ2v) is 7.80. The Morgan fingerprint density at radius 2 is 2.25 bits per heavy atom. The summed E-state index contributed by atoms with van der Waals surface area (Å²) >= 11 is 5.83. The molecule has 2 fully saturated rings. The second kappa shape index (κ2) is 6.20. The van der Waals surface area contributed by atoms with Crippen molar-refractivity contribution in [3.63, 3.8) is 0 Å². The lowest BCUT2D eigenvalue weighted by Gasteiger charge is -2.39. The molecule has 2 saturated heterocycles. The van der Waals surface area contributed by atoms with Crippen molar-refractivity contribution in [2.45, 2.75) is 31.0 Å². The summed E-state index contributed by atoms with van der Waals surface area (Å²) in [4.78, 5) is 0. The van der Waals surface area contributed by atoms with Crippen LogP contribution in [0.3, 0.4) is 0 Å². The Hall–Kier alpha value is 0.310. The molecule has 2 aliphatic rings. The fraction of sp³-hybridized carbons (Fsp3) is 0.600. The van der Waals surface area contributed by atoms with E-state index in [2.05, 4.69) is 44.6 Å². The lowest BCUT2D eigenvalue weighted by Crippen LogP contribution is -2.41. The van der Waals surface area contributed by atoms with Crippen molar-refractivity contribution in [1.29, 1.82) is 0 Å². The summed E-state index contributed by atoms with van der Waals surface area (Å²) in [7, 11) is 0. The third-order valence-corrected chi connectivity index (χ3v) is 5.71. The molecule has 2 heterocycles. The summed E-state index contributed by atoms with van der Waals surface area (Å²) in [6.45, 7) is 2.16. The monoisotopic (exact) mass is 452 g/mol. The third-order valence-electron chi connectivity index (χ3n) is 4.32. The van der Waals surface area contributed by atoms with Gasteiger partial charge in [0.2, 0.25) is 0 Å². The van der Waals surface area contributed by atoms with Crippen molar-refractivity contribution in [1.82, 2.24) is 0 Å². The van der Waals surface area contributed by atoms with Crippen LogP contribution in [0.15, 0.2) is 22.7 Å². The van der Waals surface area contributed by atoms with Crippen molar-refractivity contribution in [2.24, 2.45) is 5.92 Å². The number of hydrogen-bond acceptors (Lipinski definition) is 3. The molecule has 20 heavy (non-hydrogen) atoms. The predicted molar refractivity (Wildman–Crippen MR) is 88.7 cm³/mol. The molecule has 0 amide bonds.